The summed E-state index contributed by atoms with van der Waals surface area (Å²) in [6, 6.07) is 0. The van der Waals surface area contributed by atoms with Crippen LogP contribution in [0.5, 0.6) is 0 Å². The Morgan fingerprint density at radius 2 is 1.55 bits per heavy atom. The van der Waals surface area contributed by atoms with Gasteiger partial charge in [-0.3, -0.25) is 9.79 Å². The summed E-state index contributed by atoms with van der Waals surface area (Å²) in [5.41, 5.74) is 0. The van der Waals surface area contributed by atoms with Crippen molar-refractivity contribution in [3.8, 4) is 0 Å². The van der Waals surface area contributed by atoms with E-state index in [0.29, 0.717) is 0 Å². The summed E-state index contributed by atoms with van der Waals surface area (Å²) in [4.78, 5) is 17.7. The van der Waals surface area contributed by atoms with Gasteiger partial charge in [-0.15, -0.1) is 0 Å². The lowest BCUT2D eigenvalue weighted by Crippen LogP contribution is -2.33. The van der Waals surface area contributed by atoms with Crippen LogP contribution in [0.25, 0.3) is 0 Å². The second kappa shape index (κ2) is 18.7. The molecule has 4 nitrogen and oxygen atoms in total. The second-order valence-corrected chi connectivity index (χ2v) is 8.47. The molecule has 0 aromatic heterocycles. The summed E-state index contributed by atoms with van der Waals surface area (Å²) in [5, 5.41) is 0. The van der Waals surface area contributed by atoms with Gasteiger partial charge in [0.1, 0.15) is 6.10 Å². The van der Waals surface area contributed by atoms with Crippen LogP contribution in [0.4, 0.5) is 0 Å². The Bertz CT molecular complexity index is 448. The van der Waals surface area contributed by atoms with E-state index in [-0.39, 0.29) is 12.1 Å². The number of carbonyl (C=O) groups is 1. The number of hydrogen-bond donors (Lipinski definition) is 0. The molecule has 1 atom stereocenters. The van der Waals surface area contributed by atoms with Gasteiger partial charge in [-0.2, -0.15) is 0 Å². The maximum absolute atomic E-state index is 11.3. The van der Waals surface area contributed by atoms with Crippen LogP contribution in [0.1, 0.15) is 110 Å². The molecular weight excluding hydrogens is 360 g/mol. The van der Waals surface area contributed by atoms with E-state index in [2.05, 4.69) is 29.0 Å². The summed E-state index contributed by atoms with van der Waals surface area (Å²) in [5.74, 6) is -0.171. The lowest BCUT2D eigenvalue weighted by Gasteiger charge is -2.22. The first-order valence-electron chi connectivity index (χ1n) is 12.3. The number of ether oxygens (including phenoxy) is 1. The first-order valence-corrected chi connectivity index (χ1v) is 12.3. The van der Waals surface area contributed by atoms with Crippen molar-refractivity contribution in [1.82, 2.24) is 4.90 Å². The highest BCUT2D eigenvalue weighted by atomic mass is 16.5. The first kappa shape index (κ1) is 25.7. The van der Waals surface area contributed by atoms with Crippen molar-refractivity contribution in [1.29, 1.82) is 0 Å². The van der Waals surface area contributed by atoms with Gasteiger partial charge in [-0.1, -0.05) is 76.9 Å². The van der Waals surface area contributed by atoms with Gasteiger partial charge in [0.05, 0.1) is 19.4 Å². The zero-order chi connectivity index (χ0) is 21.0. The molecule has 0 N–H and O–H groups in total. The van der Waals surface area contributed by atoms with Crippen LogP contribution in [0.3, 0.4) is 0 Å². The molecule has 0 saturated heterocycles. The number of rotatable bonds is 19. The Balaban J connectivity index is 1.90. The van der Waals surface area contributed by atoms with Crippen LogP contribution in [0.2, 0.25) is 0 Å². The monoisotopic (exact) mass is 406 g/mol. The minimum atomic E-state index is -0.171. The third-order valence-electron chi connectivity index (χ3n) is 5.57. The van der Waals surface area contributed by atoms with Crippen molar-refractivity contribution in [2.45, 2.75) is 116 Å². The minimum absolute atomic E-state index is 0.00818. The molecule has 0 aliphatic carbocycles. The highest BCUT2D eigenvalue weighted by Gasteiger charge is 2.16. The largest absolute Gasteiger partial charge is 0.461 e. The molecular formula is C25H46N2O2. The van der Waals surface area contributed by atoms with Gasteiger partial charge in [-0.05, 0) is 38.5 Å². The quantitative estimate of drug-likeness (QED) is 0.136. The average molecular weight is 407 g/mol. The lowest BCUT2D eigenvalue weighted by atomic mass is 10.1. The van der Waals surface area contributed by atoms with Gasteiger partial charge in [-0.25, -0.2) is 0 Å². The Kier molecular flexibility index (Phi) is 16.6. The van der Waals surface area contributed by atoms with E-state index in [0.717, 1.165) is 32.5 Å². The minimum Gasteiger partial charge on any atom is -0.461 e. The van der Waals surface area contributed by atoms with Gasteiger partial charge < -0.3 is 9.64 Å². The molecule has 0 spiro atoms. The van der Waals surface area contributed by atoms with E-state index in [1.807, 2.05) is 6.34 Å². The molecule has 4 heteroatoms. The highest BCUT2D eigenvalue weighted by molar-refractivity contribution is 5.66. The second-order valence-electron chi connectivity index (χ2n) is 8.47. The van der Waals surface area contributed by atoms with Crippen molar-refractivity contribution in [3.63, 3.8) is 0 Å². The van der Waals surface area contributed by atoms with Crippen LogP contribution in [0, 0.1) is 0 Å². The molecule has 0 aromatic carbocycles. The molecule has 0 amide bonds. The molecule has 0 radical (unpaired) electrons. The molecule has 168 valence electrons. The van der Waals surface area contributed by atoms with Crippen molar-refractivity contribution in [2.75, 3.05) is 19.6 Å². The first-order chi connectivity index (χ1) is 14.2. The fourth-order valence-electron chi connectivity index (χ4n) is 3.86. The average Bonchev–Trinajstić information content (AvgIpc) is 3.20. The number of esters is 1. The van der Waals surface area contributed by atoms with Gasteiger partial charge in [0.2, 0.25) is 0 Å². The van der Waals surface area contributed by atoms with Crippen LogP contribution in [-0.2, 0) is 9.53 Å². The summed E-state index contributed by atoms with van der Waals surface area (Å²) in [6.07, 6.45) is 26.1. The van der Waals surface area contributed by atoms with Gasteiger partial charge in [0.15, 0.2) is 0 Å². The highest BCUT2D eigenvalue weighted by Crippen LogP contribution is 2.13. The summed E-state index contributed by atoms with van der Waals surface area (Å²) in [6.45, 7) is 6.38. The predicted molar refractivity (Wildman–Crippen MR) is 125 cm³/mol. The summed E-state index contributed by atoms with van der Waals surface area (Å²) >= 11 is 0. The molecule has 0 fully saturated rings. The smallest absolute Gasteiger partial charge is 0.302 e. The molecule has 1 heterocycles. The fraction of sp³-hybridized carbons (Fsp3) is 0.840. The van der Waals surface area contributed by atoms with Crippen molar-refractivity contribution >= 4 is 12.3 Å². The SMILES string of the molecule is CCCCCCCC/C=C\CCCCCCCCC(CN1C=NCC1)OC(C)=O. The predicted octanol–water partition coefficient (Wildman–Crippen LogP) is 6.69. The Labute approximate surface area is 180 Å². The molecule has 0 bridgehead atoms. The molecule has 1 unspecified atom stereocenters. The fourth-order valence-corrected chi connectivity index (χ4v) is 3.86. The molecule has 1 aliphatic heterocycles. The van der Waals surface area contributed by atoms with Gasteiger partial charge >= 0.3 is 5.97 Å². The van der Waals surface area contributed by atoms with Crippen LogP contribution in [0.15, 0.2) is 17.1 Å². The van der Waals surface area contributed by atoms with E-state index in [9.17, 15) is 4.79 Å². The summed E-state index contributed by atoms with van der Waals surface area (Å²) < 4.78 is 5.49. The zero-order valence-corrected chi connectivity index (χ0v) is 19.2. The lowest BCUT2D eigenvalue weighted by molar-refractivity contribution is -0.147. The van der Waals surface area contributed by atoms with Crippen molar-refractivity contribution < 1.29 is 9.53 Å². The number of hydrogen-bond acceptors (Lipinski definition) is 4. The van der Waals surface area contributed by atoms with E-state index in [4.69, 9.17) is 4.74 Å². The topological polar surface area (TPSA) is 41.9 Å². The number of unbranched alkanes of at least 4 members (excludes halogenated alkanes) is 12. The van der Waals surface area contributed by atoms with Crippen molar-refractivity contribution in [3.05, 3.63) is 12.2 Å². The number of nitrogens with zero attached hydrogens (tertiary/aromatic N) is 2. The molecule has 1 rings (SSSR count). The number of allylic oxidation sites excluding steroid dienone is 2. The Morgan fingerprint density at radius 3 is 2.10 bits per heavy atom. The van der Waals surface area contributed by atoms with Crippen molar-refractivity contribution in [2.24, 2.45) is 4.99 Å². The molecule has 0 saturated carbocycles. The van der Waals surface area contributed by atoms with E-state index < -0.39 is 0 Å². The normalized spacial score (nSPS) is 14.8. The molecule has 1 aliphatic rings. The van der Waals surface area contributed by atoms with E-state index in [1.165, 1.54) is 90.4 Å². The Hall–Kier alpha value is -1.32. The van der Waals surface area contributed by atoms with Crippen LogP contribution < -0.4 is 0 Å². The summed E-state index contributed by atoms with van der Waals surface area (Å²) in [7, 11) is 0. The third kappa shape index (κ3) is 16.2. The number of carbonyl (C=O) groups excluding carboxylic acids is 1. The van der Waals surface area contributed by atoms with Crippen LogP contribution >= 0.6 is 0 Å². The number of aliphatic imine (C=N–C) groups is 1. The zero-order valence-electron chi connectivity index (χ0n) is 19.2. The van der Waals surface area contributed by atoms with E-state index >= 15 is 0 Å². The molecule has 29 heavy (non-hydrogen) atoms. The maximum Gasteiger partial charge on any atom is 0.302 e. The maximum atomic E-state index is 11.3. The molecule has 0 aromatic rings. The Morgan fingerprint density at radius 1 is 0.966 bits per heavy atom. The standard InChI is InChI=1S/C25H46N2O2/c1-3-4-5-6-7-8-9-10-11-12-13-14-15-16-17-18-19-25(29-24(2)28)22-27-21-20-26-23-27/h10-11,23,25H,3-9,12-22H2,1-2H3/b11-10-. The van der Waals surface area contributed by atoms with E-state index in [1.54, 1.807) is 0 Å². The van der Waals surface area contributed by atoms with Gasteiger partial charge in [0, 0.05) is 13.5 Å². The van der Waals surface area contributed by atoms with Gasteiger partial charge in [0.25, 0.3) is 0 Å². The third-order valence-corrected chi connectivity index (χ3v) is 5.57. The van der Waals surface area contributed by atoms with Crippen LogP contribution in [-0.4, -0.2) is 42.9 Å².